The molecule has 5 rings (SSSR count). The van der Waals surface area contributed by atoms with Crippen LogP contribution in [0.5, 0.6) is 0 Å². The summed E-state index contributed by atoms with van der Waals surface area (Å²) in [6, 6.07) is 26.6. The molecule has 3 aromatic carbocycles. The van der Waals surface area contributed by atoms with Gasteiger partial charge < -0.3 is 10.0 Å². The highest BCUT2D eigenvalue weighted by molar-refractivity contribution is 9.10. The van der Waals surface area contributed by atoms with Gasteiger partial charge in [0.2, 0.25) is 0 Å². The number of hydrogen-bond acceptors (Lipinski definition) is 3. The van der Waals surface area contributed by atoms with E-state index in [1.165, 1.54) is 5.56 Å². The molecule has 3 nitrogen and oxygen atoms in total. The van der Waals surface area contributed by atoms with Crippen molar-refractivity contribution in [3.63, 3.8) is 0 Å². The maximum atomic E-state index is 12.0. The van der Waals surface area contributed by atoms with Gasteiger partial charge in [-0.3, -0.25) is 4.99 Å². The lowest BCUT2D eigenvalue weighted by molar-refractivity contribution is 0.124. The number of halogens is 1. The number of aliphatic hydroxyl groups is 1. The van der Waals surface area contributed by atoms with E-state index in [0.29, 0.717) is 6.54 Å². The highest BCUT2D eigenvalue weighted by atomic mass is 79.9. The molecule has 4 heteroatoms. The number of nitrogens with zero attached hydrogens (tertiary/aromatic N) is 2. The molecule has 1 N–H and O–H groups in total. The Hall–Kier alpha value is -2.43. The van der Waals surface area contributed by atoms with E-state index in [1.807, 2.05) is 48.5 Å². The molecule has 0 spiro atoms. The molecule has 2 atom stereocenters. The number of benzene rings is 3. The summed E-state index contributed by atoms with van der Waals surface area (Å²) in [5.41, 5.74) is 2.89. The Kier molecular flexibility index (Phi) is 3.92. The normalized spacial score (nSPS) is 23.6. The van der Waals surface area contributed by atoms with Crippen molar-refractivity contribution in [2.75, 3.05) is 13.1 Å². The summed E-state index contributed by atoms with van der Waals surface area (Å²) in [5.74, 6) is 0.750. The Morgan fingerprint density at radius 1 is 0.926 bits per heavy atom. The molecule has 0 aliphatic carbocycles. The van der Waals surface area contributed by atoms with E-state index in [9.17, 15) is 5.11 Å². The zero-order valence-corrected chi connectivity index (χ0v) is 16.3. The minimum Gasteiger partial charge on any atom is -0.373 e. The van der Waals surface area contributed by atoms with Crippen molar-refractivity contribution in [2.45, 2.75) is 11.6 Å². The molecule has 0 radical (unpaired) electrons. The zero-order valence-electron chi connectivity index (χ0n) is 14.7. The average Bonchev–Trinajstić information content (AvgIpc) is 3.20. The van der Waals surface area contributed by atoms with Crippen LogP contribution in [-0.2, 0) is 5.60 Å². The first-order valence-electron chi connectivity index (χ1n) is 9.14. The van der Waals surface area contributed by atoms with Gasteiger partial charge in [-0.1, -0.05) is 82.7 Å². The predicted octanol–water partition coefficient (Wildman–Crippen LogP) is 4.50. The van der Waals surface area contributed by atoms with Crippen molar-refractivity contribution >= 4 is 21.8 Å². The van der Waals surface area contributed by atoms with E-state index in [-0.39, 0.29) is 6.04 Å². The molecule has 2 aliphatic rings. The Morgan fingerprint density at radius 3 is 2.41 bits per heavy atom. The number of rotatable bonds is 2. The SMILES string of the molecule is O[C@@]1(c2ccccc2)C2=NCCN2[C@@H](c2ccc(Br)cc2)c2ccccc21. The van der Waals surface area contributed by atoms with Crippen LogP contribution in [0.15, 0.2) is 88.3 Å². The largest absolute Gasteiger partial charge is 0.373 e. The summed E-state index contributed by atoms with van der Waals surface area (Å²) in [7, 11) is 0. The van der Waals surface area contributed by atoms with Crippen LogP contribution in [-0.4, -0.2) is 28.9 Å². The van der Waals surface area contributed by atoms with Crippen molar-refractivity contribution in [1.29, 1.82) is 0 Å². The second kappa shape index (κ2) is 6.32. The minimum atomic E-state index is -1.22. The molecule has 0 saturated heterocycles. The summed E-state index contributed by atoms with van der Waals surface area (Å²) in [4.78, 5) is 7.03. The van der Waals surface area contributed by atoms with Gasteiger partial charge in [0.15, 0.2) is 5.60 Å². The lowest BCUT2D eigenvalue weighted by Crippen LogP contribution is -2.52. The van der Waals surface area contributed by atoms with Crippen LogP contribution in [0.3, 0.4) is 0 Å². The van der Waals surface area contributed by atoms with Crippen LogP contribution in [0.2, 0.25) is 0 Å². The molecule has 27 heavy (non-hydrogen) atoms. The minimum absolute atomic E-state index is 0.0551. The van der Waals surface area contributed by atoms with Crippen LogP contribution in [0.25, 0.3) is 0 Å². The Labute approximate surface area is 167 Å². The second-order valence-electron chi connectivity index (χ2n) is 7.02. The summed E-state index contributed by atoms with van der Waals surface area (Å²) in [5, 5.41) is 12.0. The van der Waals surface area contributed by atoms with Gasteiger partial charge in [-0.2, -0.15) is 0 Å². The third-order valence-corrected chi connectivity index (χ3v) is 6.06. The highest BCUT2D eigenvalue weighted by Crippen LogP contribution is 2.47. The second-order valence-corrected chi connectivity index (χ2v) is 7.93. The molecule has 0 aromatic heterocycles. The smallest absolute Gasteiger partial charge is 0.172 e. The van der Waals surface area contributed by atoms with E-state index in [4.69, 9.17) is 4.99 Å². The molecule has 134 valence electrons. The van der Waals surface area contributed by atoms with Crippen molar-refractivity contribution in [1.82, 2.24) is 4.90 Å². The number of hydrogen-bond donors (Lipinski definition) is 1. The maximum Gasteiger partial charge on any atom is 0.172 e. The van der Waals surface area contributed by atoms with Gasteiger partial charge >= 0.3 is 0 Å². The molecule has 0 fully saturated rings. The van der Waals surface area contributed by atoms with E-state index >= 15 is 0 Å². The first kappa shape index (κ1) is 16.7. The van der Waals surface area contributed by atoms with Gasteiger partial charge in [0, 0.05) is 16.6 Å². The van der Waals surface area contributed by atoms with Gasteiger partial charge in [0.05, 0.1) is 12.6 Å². The zero-order chi connectivity index (χ0) is 18.4. The number of fused-ring (bicyclic) bond motifs is 2. The summed E-state index contributed by atoms with van der Waals surface area (Å²) in [6.45, 7) is 1.50. The van der Waals surface area contributed by atoms with Gasteiger partial charge in [0.25, 0.3) is 0 Å². The fraction of sp³-hybridized carbons (Fsp3) is 0.174. The Balaban J connectivity index is 1.77. The van der Waals surface area contributed by atoms with Gasteiger partial charge in [-0.15, -0.1) is 0 Å². The topological polar surface area (TPSA) is 35.8 Å². The van der Waals surface area contributed by atoms with Gasteiger partial charge in [0.1, 0.15) is 5.84 Å². The number of aliphatic imine (C=N–C) groups is 1. The molecule has 0 amide bonds. The van der Waals surface area contributed by atoms with Crippen LogP contribution in [0.4, 0.5) is 0 Å². The highest BCUT2D eigenvalue weighted by Gasteiger charge is 2.50. The number of amidine groups is 1. The quantitative estimate of drug-likeness (QED) is 0.664. The van der Waals surface area contributed by atoms with Crippen LogP contribution in [0.1, 0.15) is 28.3 Å². The Morgan fingerprint density at radius 2 is 1.63 bits per heavy atom. The van der Waals surface area contributed by atoms with E-state index in [0.717, 1.165) is 33.5 Å². The van der Waals surface area contributed by atoms with Crippen molar-refractivity contribution < 1.29 is 5.11 Å². The first-order chi connectivity index (χ1) is 13.2. The summed E-state index contributed by atoms with van der Waals surface area (Å²) < 4.78 is 1.06. The third-order valence-electron chi connectivity index (χ3n) is 5.53. The Bertz CT molecular complexity index is 1020. The molecule has 2 aliphatic heterocycles. The molecule has 3 aromatic rings. The van der Waals surface area contributed by atoms with Gasteiger partial charge in [-0.05, 0) is 28.8 Å². The van der Waals surface area contributed by atoms with Crippen molar-refractivity contribution in [3.05, 3.63) is 106 Å². The summed E-state index contributed by atoms with van der Waals surface area (Å²) in [6.07, 6.45) is 0. The maximum absolute atomic E-state index is 12.0. The lowest BCUT2D eigenvalue weighted by Gasteiger charge is -2.45. The van der Waals surface area contributed by atoms with Crippen molar-refractivity contribution in [3.8, 4) is 0 Å². The molecule has 2 heterocycles. The van der Waals surface area contributed by atoms with Gasteiger partial charge in [-0.25, -0.2) is 0 Å². The van der Waals surface area contributed by atoms with E-state index in [1.54, 1.807) is 0 Å². The van der Waals surface area contributed by atoms with Crippen LogP contribution in [0, 0.1) is 0 Å². The molecular weight excluding hydrogens is 400 g/mol. The fourth-order valence-electron chi connectivity index (χ4n) is 4.36. The predicted molar refractivity (Wildman–Crippen MR) is 111 cm³/mol. The van der Waals surface area contributed by atoms with Crippen LogP contribution >= 0.6 is 15.9 Å². The summed E-state index contributed by atoms with van der Waals surface area (Å²) >= 11 is 3.53. The monoisotopic (exact) mass is 418 g/mol. The molecular formula is C23H19BrN2O. The molecule has 0 bridgehead atoms. The first-order valence-corrected chi connectivity index (χ1v) is 9.93. The standard InChI is InChI=1S/C23H19BrN2O/c24-18-12-10-16(11-13-18)21-19-8-4-5-9-20(19)23(27,17-6-2-1-3-7-17)22-25-14-15-26(21)22/h1-13,21,27H,14-15H2/t21-,23+/m0/s1. The fourth-order valence-corrected chi connectivity index (χ4v) is 4.62. The molecule has 0 unspecified atom stereocenters. The van der Waals surface area contributed by atoms with Crippen LogP contribution < -0.4 is 0 Å². The molecule has 0 saturated carbocycles. The third kappa shape index (κ3) is 2.47. The average molecular weight is 419 g/mol. The van der Waals surface area contributed by atoms with E-state index < -0.39 is 5.60 Å². The lowest BCUT2D eigenvalue weighted by atomic mass is 9.75. The van der Waals surface area contributed by atoms with E-state index in [2.05, 4.69) is 51.2 Å². The van der Waals surface area contributed by atoms with Crippen molar-refractivity contribution in [2.24, 2.45) is 4.99 Å².